The number of carbonyl (C=O) groups is 2. The number of nitrogens with zero attached hydrogens (tertiary/aromatic N) is 3. The fraction of sp³-hybridized carbons (Fsp3) is 0.280. The number of rotatable bonds is 4. The summed E-state index contributed by atoms with van der Waals surface area (Å²) in [6, 6.07) is 13.3. The molecule has 4 aromatic rings. The van der Waals surface area contributed by atoms with Gasteiger partial charge in [-0.1, -0.05) is 29.8 Å². The van der Waals surface area contributed by atoms with Gasteiger partial charge in [-0.3, -0.25) is 14.7 Å². The number of hydrogen-bond acceptors (Lipinski definition) is 4. The van der Waals surface area contributed by atoms with E-state index in [0.29, 0.717) is 19.3 Å². The van der Waals surface area contributed by atoms with E-state index in [4.69, 9.17) is 0 Å². The van der Waals surface area contributed by atoms with Crippen molar-refractivity contribution in [3.05, 3.63) is 76.4 Å². The lowest BCUT2D eigenvalue weighted by Crippen LogP contribution is -2.46. The summed E-state index contributed by atoms with van der Waals surface area (Å²) >= 11 is 0. The summed E-state index contributed by atoms with van der Waals surface area (Å²) in [5.74, 6) is 0.331. The molecule has 2 amide bonds. The molecule has 168 valence electrons. The zero-order valence-electron chi connectivity index (χ0n) is 18.9. The second kappa shape index (κ2) is 8.20. The van der Waals surface area contributed by atoms with Gasteiger partial charge in [0, 0.05) is 24.8 Å². The largest absolute Gasteiger partial charge is 0.342 e. The lowest BCUT2D eigenvalue weighted by Gasteiger charge is -2.21. The molecule has 33 heavy (non-hydrogen) atoms. The van der Waals surface area contributed by atoms with E-state index in [1.165, 1.54) is 5.56 Å². The normalized spacial score (nSPS) is 16.0. The predicted octanol–water partition coefficient (Wildman–Crippen LogP) is 3.20. The first-order chi connectivity index (χ1) is 15.9. The van der Waals surface area contributed by atoms with Gasteiger partial charge in [0.15, 0.2) is 0 Å². The van der Waals surface area contributed by atoms with E-state index in [9.17, 15) is 9.59 Å². The number of aryl methyl sites for hydroxylation is 3. The molecule has 8 heteroatoms. The summed E-state index contributed by atoms with van der Waals surface area (Å²) in [5.41, 5.74) is 7.12. The quantitative estimate of drug-likeness (QED) is 0.451. The van der Waals surface area contributed by atoms with Crippen molar-refractivity contribution in [2.24, 2.45) is 0 Å². The highest BCUT2D eigenvalue weighted by Crippen LogP contribution is 2.30. The molecule has 0 saturated carbocycles. The number of H-pyrrole nitrogens is 2. The number of benzene rings is 2. The van der Waals surface area contributed by atoms with E-state index in [1.807, 2.05) is 26.0 Å². The van der Waals surface area contributed by atoms with Crippen LogP contribution in [0.25, 0.3) is 11.0 Å². The molecule has 5 rings (SSSR count). The average Bonchev–Trinajstić information content (AvgIpc) is 3.39. The molecule has 8 nitrogen and oxygen atoms in total. The van der Waals surface area contributed by atoms with Crippen LogP contribution in [0.5, 0.6) is 0 Å². The molecule has 0 unspecified atom stereocenters. The maximum absolute atomic E-state index is 13.1. The van der Waals surface area contributed by atoms with Gasteiger partial charge >= 0.3 is 0 Å². The minimum Gasteiger partial charge on any atom is -0.342 e. The summed E-state index contributed by atoms with van der Waals surface area (Å²) < 4.78 is 0. The number of fused-ring (bicyclic) bond motifs is 2. The molecule has 0 aliphatic carbocycles. The fourth-order valence-corrected chi connectivity index (χ4v) is 4.37. The van der Waals surface area contributed by atoms with Crippen LogP contribution < -0.4 is 10.2 Å². The predicted molar refractivity (Wildman–Crippen MR) is 126 cm³/mol. The van der Waals surface area contributed by atoms with Gasteiger partial charge in [0.2, 0.25) is 5.91 Å². The van der Waals surface area contributed by atoms with Crippen LogP contribution in [-0.2, 0) is 17.6 Å². The third-order valence-corrected chi connectivity index (χ3v) is 6.18. The Balaban J connectivity index is 1.30. The van der Waals surface area contributed by atoms with Crippen LogP contribution in [0.2, 0.25) is 0 Å². The SMILES string of the molecule is Cc1ccc(Cc2cc(C(=O)N[C@H]3CCc4cc5[nH]c(C)nc5cc4N(C)C3=O)n[nH]2)cc1. The Kier molecular flexibility index (Phi) is 5.20. The summed E-state index contributed by atoms with van der Waals surface area (Å²) in [6.07, 6.45) is 1.84. The zero-order chi connectivity index (χ0) is 23.1. The number of anilines is 1. The smallest absolute Gasteiger partial charge is 0.272 e. The maximum Gasteiger partial charge on any atom is 0.272 e. The van der Waals surface area contributed by atoms with Gasteiger partial charge in [0.25, 0.3) is 5.91 Å². The van der Waals surface area contributed by atoms with Gasteiger partial charge in [0.1, 0.15) is 17.6 Å². The van der Waals surface area contributed by atoms with Crippen LogP contribution in [0.4, 0.5) is 5.69 Å². The highest BCUT2D eigenvalue weighted by molar-refractivity contribution is 6.03. The lowest BCUT2D eigenvalue weighted by molar-refractivity contribution is -0.120. The molecule has 1 aliphatic heterocycles. The van der Waals surface area contributed by atoms with Crippen molar-refractivity contribution in [3.63, 3.8) is 0 Å². The molecule has 3 N–H and O–H groups in total. The minimum absolute atomic E-state index is 0.149. The highest BCUT2D eigenvalue weighted by Gasteiger charge is 2.30. The second-order valence-corrected chi connectivity index (χ2v) is 8.72. The number of imidazole rings is 1. The van der Waals surface area contributed by atoms with Crippen molar-refractivity contribution < 1.29 is 9.59 Å². The minimum atomic E-state index is -0.625. The molecule has 0 fully saturated rings. The van der Waals surface area contributed by atoms with E-state index < -0.39 is 6.04 Å². The first-order valence-corrected chi connectivity index (χ1v) is 11.0. The Morgan fingerprint density at radius 3 is 2.76 bits per heavy atom. The monoisotopic (exact) mass is 442 g/mol. The Bertz CT molecular complexity index is 1350. The Hall–Kier alpha value is -3.94. The molecule has 2 aromatic carbocycles. The van der Waals surface area contributed by atoms with Gasteiger partial charge in [0.05, 0.1) is 11.0 Å². The highest BCUT2D eigenvalue weighted by atomic mass is 16.2. The number of nitrogens with one attached hydrogen (secondary N) is 3. The molecule has 0 radical (unpaired) electrons. The third-order valence-electron chi connectivity index (χ3n) is 6.18. The Morgan fingerprint density at radius 2 is 1.97 bits per heavy atom. The summed E-state index contributed by atoms with van der Waals surface area (Å²) in [6.45, 7) is 3.96. The molecule has 0 saturated heterocycles. The van der Waals surface area contributed by atoms with Crippen LogP contribution in [0, 0.1) is 13.8 Å². The van der Waals surface area contributed by atoms with Gasteiger partial charge in [-0.2, -0.15) is 5.10 Å². The van der Waals surface area contributed by atoms with E-state index in [0.717, 1.165) is 39.4 Å². The molecule has 3 heterocycles. The van der Waals surface area contributed by atoms with Crippen LogP contribution in [0.15, 0.2) is 42.5 Å². The molecular weight excluding hydrogens is 416 g/mol. The standard InChI is InChI=1S/C25H26N6O2/c1-14-4-6-16(7-5-14)10-18-12-22(30-29-18)24(32)28-19-9-8-17-11-20-21(27-15(2)26-20)13-23(17)31(3)25(19)33/h4-7,11-13,19H,8-10H2,1-3H3,(H,26,27)(H,28,32)(H,29,30)/t19-/m0/s1. The summed E-state index contributed by atoms with van der Waals surface area (Å²) in [5, 5.41) is 9.99. The van der Waals surface area contributed by atoms with Gasteiger partial charge in [-0.25, -0.2) is 4.98 Å². The van der Waals surface area contributed by atoms with E-state index in [-0.39, 0.29) is 17.5 Å². The number of amides is 2. The molecule has 1 atom stereocenters. The zero-order valence-corrected chi connectivity index (χ0v) is 18.9. The fourth-order valence-electron chi connectivity index (χ4n) is 4.37. The van der Waals surface area contributed by atoms with Crippen molar-refractivity contribution in [2.75, 3.05) is 11.9 Å². The van der Waals surface area contributed by atoms with Gasteiger partial charge < -0.3 is 15.2 Å². The first kappa shape index (κ1) is 20.9. The number of hydrogen-bond donors (Lipinski definition) is 3. The van der Waals surface area contributed by atoms with Crippen molar-refractivity contribution in [1.82, 2.24) is 25.5 Å². The van der Waals surface area contributed by atoms with Crippen molar-refractivity contribution in [2.45, 2.75) is 39.2 Å². The number of aromatic nitrogens is 4. The Labute approximate surface area is 191 Å². The number of aromatic amines is 2. The summed E-state index contributed by atoms with van der Waals surface area (Å²) in [7, 11) is 1.74. The molecule has 0 bridgehead atoms. The van der Waals surface area contributed by atoms with E-state index >= 15 is 0 Å². The molecule has 1 aliphatic rings. The first-order valence-electron chi connectivity index (χ1n) is 11.0. The second-order valence-electron chi connectivity index (χ2n) is 8.72. The average molecular weight is 443 g/mol. The third kappa shape index (κ3) is 4.11. The topological polar surface area (TPSA) is 107 Å². The van der Waals surface area contributed by atoms with Crippen LogP contribution in [-0.4, -0.2) is 45.1 Å². The molecular formula is C25H26N6O2. The van der Waals surface area contributed by atoms with Crippen LogP contribution >= 0.6 is 0 Å². The van der Waals surface area contributed by atoms with Gasteiger partial charge in [-0.05, 0) is 56.0 Å². The van der Waals surface area contributed by atoms with Crippen molar-refractivity contribution in [3.8, 4) is 0 Å². The lowest BCUT2D eigenvalue weighted by atomic mass is 10.0. The van der Waals surface area contributed by atoms with E-state index in [2.05, 4.69) is 49.7 Å². The summed E-state index contributed by atoms with van der Waals surface area (Å²) in [4.78, 5) is 35.4. The van der Waals surface area contributed by atoms with Crippen LogP contribution in [0.3, 0.4) is 0 Å². The number of likely N-dealkylation sites (N-methyl/N-ethyl adjacent to an activating group) is 1. The Morgan fingerprint density at radius 1 is 1.18 bits per heavy atom. The van der Waals surface area contributed by atoms with E-state index in [1.54, 1.807) is 18.0 Å². The maximum atomic E-state index is 13.1. The van der Waals surface area contributed by atoms with Gasteiger partial charge in [-0.15, -0.1) is 0 Å². The van der Waals surface area contributed by atoms with Crippen molar-refractivity contribution in [1.29, 1.82) is 0 Å². The molecule has 0 spiro atoms. The van der Waals surface area contributed by atoms with Crippen molar-refractivity contribution >= 4 is 28.5 Å². The molecule has 2 aromatic heterocycles. The number of carbonyl (C=O) groups excluding carboxylic acids is 2. The van der Waals surface area contributed by atoms with Crippen LogP contribution in [0.1, 0.15) is 45.1 Å².